The Kier molecular flexibility index (Phi) is 8.15. The molecule has 0 spiro atoms. The molecule has 2 atom stereocenters. The number of aliphatic imine (C=N–C) groups is 1. The highest BCUT2D eigenvalue weighted by Gasteiger charge is 2.42. The number of rotatable bonds is 9. The molecule has 2 heterocycles. The summed E-state index contributed by atoms with van der Waals surface area (Å²) in [6.07, 6.45) is 1.03. The van der Waals surface area contributed by atoms with Gasteiger partial charge in [-0.05, 0) is 43.4 Å². The van der Waals surface area contributed by atoms with Crippen LogP contribution in [-0.2, 0) is 14.3 Å². The standard InChI is InChI=1S/C28H31N3O4S/c1-5-18(3)29-23(32)16-21-17-36-28-30-25(19-10-8-7-9-11-19)24(27(33)35-6-2)26(31(21)28)20-12-14-22(34-4)15-13-20/h7-15,17-18,26H,5-6,16H2,1-4H3,(H,29,32). The van der Waals surface area contributed by atoms with Gasteiger partial charge in [-0.2, -0.15) is 0 Å². The predicted octanol–water partition coefficient (Wildman–Crippen LogP) is 5.28. The van der Waals surface area contributed by atoms with Gasteiger partial charge in [-0.15, -0.1) is 0 Å². The van der Waals surface area contributed by atoms with Gasteiger partial charge in [0, 0.05) is 17.3 Å². The van der Waals surface area contributed by atoms with E-state index in [1.165, 1.54) is 11.8 Å². The number of thioether (sulfide) groups is 1. The molecule has 4 rings (SSSR count). The number of nitrogens with zero attached hydrogens (tertiary/aromatic N) is 2. The second kappa shape index (κ2) is 11.5. The topological polar surface area (TPSA) is 80.2 Å². The lowest BCUT2D eigenvalue weighted by Gasteiger charge is -2.37. The van der Waals surface area contributed by atoms with Gasteiger partial charge >= 0.3 is 5.97 Å². The maximum absolute atomic E-state index is 13.5. The van der Waals surface area contributed by atoms with Gasteiger partial charge < -0.3 is 19.7 Å². The Morgan fingerprint density at radius 3 is 2.47 bits per heavy atom. The summed E-state index contributed by atoms with van der Waals surface area (Å²) in [5.74, 6) is 0.217. The van der Waals surface area contributed by atoms with Crippen LogP contribution in [0.25, 0.3) is 5.70 Å². The minimum absolute atomic E-state index is 0.0681. The van der Waals surface area contributed by atoms with Crippen molar-refractivity contribution in [1.82, 2.24) is 10.2 Å². The molecule has 36 heavy (non-hydrogen) atoms. The molecule has 188 valence electrons. The van der Waals surface area contributed by atoms with Crippen LogP contribution < -0.4 is 10.1 Å². The maximum Gasteiger partial charge on any atom is 0.338 e. The molecule has 2 aliphatic heterocycles. The van der Waals surface area contributed by atoms with Crippen molar-refractivity contribution >= 4 is 34.5 Å². The molecular weight excluding hydrogens is 474 g/mol. The van der Waals surface area contributed by atoms with Crippen molar-refractivity contribution in [2.75, 3.05) is 13.7 Å². The molecule has 0 bridgehead atoms. The molecule has 2 aromatic carbocycles. The van der Waals surface area contributed by atoms with E-state index in [0.29, 0.717) is 22.2 Å². The van der Waals surface area contributed by atoms with Crippen LogP contribution >= 0.6 is 11.8 Å². The highest BCUT2D eigenvalue weighted by atomic mass is 32.2. The molecule has 0 saturated heterocycles. The van der Waals surface area contributed by atoms with Crippen LogP contribution in [0.2, 0.25) is 0 Å². The number of hydrogen-bond donors (Lipinski definition) is 1. The Bertz CT molecular complexity index is 1210. The van der Waals surface area contributed by atoms with E-state index in [0.717, 1.165) is 23.2 Å². The molecule has 0 aliphatic carbocycles. The van der Waals surface area contributed by atoms with Gasteiger partial charge in [0.25, 0.3) is 0 Å². The second-order valence-corrected chi connectivity index (χ2v) is 9.41. The quantitative estimate of drug-likeness (QED) is 0.468. The van der Waals surface area contributed by atoms with Crippen molar-refractivity contribution in [3.05, 3.63) is 82.4 Å². The number of carbonyl (C=O) groups excluding carboxylic acids is 2. The molecule has 2 aromatic rings. The summed E-state index contributed by atoms with van der Waals surface area (Å²) in [4.78, 5) is 33.2. The van der Waals surface area contributed by atoms with Crippen molar-refractivity contribution in [3.8, 4) is 5.75 Å². The zero-order valence-electron chi connectivity index (χ0n) is 21.0. The van der Waals surface area contributed by atoms with E-state index >= 15 is 0 Å². The predicted molar refractivity (Wildman–Crippen MR) is 143 cm³/mol. The number of benzene rings is 2. The maximum atomic E-state index is 13.5. The fourth-order valence-corrected chi connectivity index (χ4v) is 5.10. The highest BCUT2D eigenvalue weighted by Crippen LogP contribution is 2.47. The van der Waals surface area contributed by atoms with E-state index in [1.807, 2.05) is 78.8 Å². The van der Waals surface area contributed by atoms with Crippen molar-refractivity contribution in [1.29, 1.82) is 0 Å². The van der Waals surface area contributed by atoms with E-state index in [9.17, 15) is 9.59 Å². The summed E-state index contributed by atoms with van der Waals surface area (Å²) < 4.78 is 10.9. The molecule has 7 nitrogen and oxygen atoms in total. The molecule has 1 amide bonds. The number of esters is 1. The summed E-state index contributed by atoms with van der Waals surface area (Å²) in [6.45, 7) is 6.05. The molecule has 0 radical (unpaired) electrons. The van der Waals surface area contributed by atoms with Crippen LogP contribution in [0.4, 0.5) is 0 Å². The zero-order valence-corrected chi connectivity index (χ0v) is 21.8. The Labute approximate surface area is 216 Å². The van der Waals surface area contributed by atoms with Crippen LogP contribution in [0, 0.1) is 0 Å². The summed E-state index contributed by atoms with van der Waals surface area (Å²) >= 11 is 1.46. The van der Waals surface area contributed by atoms with Crippen molar-refractivity contribution in [2.24, 2.45) is 4.99 Å². The SMILES string of the molecule is CCOC(=O)C1=C(c2ccccc2)N=C2SC=C(CC(=O)NC(C)CC)N2C1c1ccc(OC)cc1. The molecule has 1 N–H and O–H groups in total. The monoisotopic (exact) mass is 505 g/mol. The van der Waals surface area contributed by atoms with Crippen LogP contribution in [0.3, 0.4) is 0 Å². The lowest BCUT2D eigenvalue weighted by Crippen LogP contribution is -2.39. The minimum atomic E-state index is -0.518. The van der Waals surface area contributed by atoms with Gasteiger partial charge in [-0.3, -0.25) is 4.79 Å². The molecule has 2 aliphatic rings. The van der Waals surface area contributed by atoms with E-state index in [4.69, 9.17) is 14.5 Å². The fourth-order valence-electron chi connectivity index (χ4n) is 4.18. The Balaban J connectivity index is 1.83. The number of amidine groups is 1. The molecule has 0 saturated carbocycles. The lowest BCUT2D eigenvalue weighted by atomic mass is 9.91. The number of carbonyl (C=O) groups is 2. The van der Waals surface area contributed by atoms with E-state index < -0.39 is 12.0 Å². The molecule has 2 unspecified atom stereocenters. The first-order chi connectivity index (χ1) is 17.5. The average Bonchev–Trinajstić information content (AvgIpc) is 3.30. The van der Waals surface area contributed by atoms with Crippen LogP contribution in [0.5, 0.6) is 5.75 Å². The van der Waals surface area contributed by atoms with Crippen molar-refractivity contribution in [3.63, 3.8) is 0 Å². The van der Waals surface area contributed by atoms with E-state index in [2.05, 4.69) is 5.32 Å². The van der Waals surface area contributed by atoms with Crippen LogP contribution in [0.15, 0.2) is 76.3 Å². The van der Waals surface area contributed by atoms with Gasteiger partial charge in [0.05, 0.1) is 37.4 Å². The van der Waals surface area contributed by atoms with Crippen molar-refractivity contribution < 1.29 is 19.1 Å². The smallest absolute Gasteiger partial charge is 0.338 e. The second-order valence-electron chi connectivity index (χ2n) is 8.57. The number of amides is 1. The normalized spacial score (nSPS) is 17.7. The number of hydrogen-bond acceptors (Lipinski definition) is 7. The summed E-state index contributed by atoms with van der Waals surface area (Å²) in [7, 11) is 1.62. The van der Waals surface area contributed by atoms with E-state index in [1.54, 1.807) is 14.0 Å². The number of methoxy groups -OCH3 is 1. The molecule has 0 fully saturated rings. The lowest BCUT2D eigenvalue weighted by molar-refractivity contribution is -0.139. The first-order valence-electron chi connectivity index (χ1n) is 12.1. The van der Waals surface area contributed by atoms with Gasteiger partial charge in [0.15, 0.2) is 5.17 Å². The summed E-state index contributed by atoms with van der Waals surface area (Å²) in [5.41, 5.74) is 3.50. The Morgan fingerprint density at radius 1 is 1.11 bits per heavy atom. The molecule has 0 aromatic heterocycles. The van der Waals surface area contributed by atoms with Gasteiger partial charge in [-0.1, -0.05) is 61.2 Å². The third-order valence-electron chi connectivity index (χ3n) is 6.15. The third kappa shape index (κ3) is 5.33. The average molecular weight is 506 g/mol. The number of ether oxygens (including phenoxy) is 2. The van der Waals surface area contributed by atoms with Gasteiger partial charge in [0.1, 0.15) is 5.75 Å². The van der Waals surface area contributed by atoms with Crippen molar-refractivity contribution in [2.45, 2.75) is 45.7 Å². The Hall–Kier alpha value is -3.52. The third-order valence-corrected chi connectivity index (χ3v) is 7.03. The number of fused-ring (bicyclic) bond motifs is 1. The summed E-state index contributed by atoms with van der Waals surface area (Å²) in [6, 6.07) is 16.8. The molecule has 8 heteroatoms. The van der Waals surface area contributed by atoms with Crippen LogP contribution in [-0.4, -0.2) is 41.7 Å². The highest BCUT2D eigenvalue weighted by molar-refractivity contribution is 8.16. The fraction of sp³-hybridized carbons (Fsp3) is 0.321. The first-order valence-corrected chi connectivity index (χ1v) is 13.0. The number of nitrogens with one attached hydrogen (secondary N) is 1. The Morgan fingerprint density at radius 2 is 1.83 bits per heavy atom. The molecular formula is C28H31N3O4S. The summed E-state index contributed by atoms with van der Waals surface area (Å²) in [5, 5.41) is 5.70. The minimum Gasteiger partial charge on any atom is -0.497 e. The van der Waals surface area contributed by atoms with Gasteiger partial charge in [0.2, 0.25) is 5.91 Å². The van der Waals surface area contributed by atoms with E-state index in [-0.39, 0.29) is 25.0 Å². The first kappa shape index (κ1) is 25.6. The largest absolute Gasteiger partial charge is 0.497 e. The zero-order chi connectivity index (χ0) is 25.7. The van der Waals surface area contributed by atoms with Gasteiger partial charge in [-0.25, -0.2) is 9.79 Å². The van der Waals surface area contributed by atoms with Crippen LogP contribution in [0.1, 0.15) is 50.8 Å².